The van der Waals surface area contributed by atoms with E-state index in [1.54, 1.807) is 0 Å². The summed E-state index contributed by atoms with van der Waals surface area (Å²) in [5.41, 5.74) is 9.98. The minimum Gasteiger partial charge on any atom is -0.403 e. The van der Waals surface area contributed by atoms with Crippen LogP contribution < -0.4 is 11.5 Å². The Morgan fingerprint density at radius 3 is 2.14 bits per heavy atom. The molecule has 0 aliphatic heterocycles. The molecule has 0 saturated carbocycles. The number of hydrogen-bond donors (Lipinski definition) is 2. The van der Waals surface area contributed by atoms with Crippen molar-refractivity contribution in [2.75, 3.05) is 0 Å². The van der Waals surface area contributed by atoms with E-state index in [2.05, 4.69) is 0 Å². The number of hydrogen-bond acceptors (Lipinski definition) is 3. The van der Waals surface area contributed by atoms with Gasteiger partial charge in [-0.15, -0.1) is 0 Å². The zero-order chi connectivity index (χ0) is 5.86. The van der Waals surface area contributed by atoms with Gasteiger partial charge in [-0.3, -0.25) is 4.79 Å². The smallest absolute Gasteiger partial charge is 0.176 e. The van der Waals surface area contributed by atoms with Gasteiger partial charge in [0, 0.05) is 13.1 Å². The summed E-state index contributed by atoms with van der Waals surface area (Å²) < 4.78 is 0. The molecule has 0 saturated heterocycles. The summed E-state index contributed by atoms with van der Waals surface area (Å²) in [6.45, 7) is 1.36. The van der Waals surface area contributed by atoms with E-state index in [4.69, 9.17) is 11.5 Å². The monoisotopic (exact) mass is 100 g/mol. The van der Waals surface area contributed by atoms with E-state index in [0.717, 1.165) is 6.20 Å². The van der Waals surface area contributed by atoms with Gasteiger partial charge in [0.2, 0.25) is 0 Å². The Morgan fingerprint density at radius 2 is 2.14 bits per heavy atom. The van der Waals surface area contributed by atoms with Crippen molar-refractivity contribution in [3.63, 3.8) is 0 Å². The molecule has 0 radical (unpaired) electrons. The highest BCUT2D eigenvalue weighted by Gasteiger charge is 1.90. The lowest BCUT2D eigenvalue weighted by Gasteiger charge is -1.86. The van der Waals surface area contributed by atoms with Crippen LogP contribution in [0.2, 0.25) is 0 Å². The maximum atomic E-state index is 10.1. The summed E-state index contributed by atoms with van der Waals surface area (Å²) >= 11 is 0. The molecule has 7 heavy (non-hydrogen) atoms. The summed E-state index contributed by atoms with van der Waals surface area (Å²) in [7, 11) is 0. The third kappa shape index (κ3) is 1.81. The first-order valence-electron chi connectivity index (χ1n) is 1.86. The summed E-state index contributed by atoms with van der Waals surface area (Å²) in [6.07, 6.45) is 1.09. The number of allylic oxidation sites excluding steroid dienone is 1. The molecule has 0 rings (SSSR count). The molecule has 0 amide bonds. The largest absolute Gasteiger partial charge is 0.403 e. The number of nitrogens with two attached hydrogens (primary N) is 2. The molecule has 0 aliphatic rings. The fourth-order valence-electron chi connectivity index (χ4n) is 0.117. The Bertz CT molecular complexity index is 106. The molecule has 0 aromatic heterocycles. The van der Waals surface area contributed by atoms with Crippen LogP contribution in [0, 0.1) is 0 Å². The zero-order valence-electron chi connectivity index (χ0n) is 4.14. The van der Waals surface area contributed by atoms with Gasteiger partial charge in [0.25, 0.3) is 0 Å². The molecule has 0 aliphatic carbocycles. The van der Waals surface area contributed by atoms with Gasteiger partial charge in [0.1, 0.15) is 0 Å². The maximum absolute atomic E-state index is 10.1. The van der Waals surface area contributed by atoms with Crippen LogP contribution in [0.5, 0.6) is 0 Å². The molecule has 0 unspecified atom stereocenters. The lowest BCUT2D eigenvalue weighted by molar-refractivity contribution is -0.113. The van der Waals surface area contributed by atoms with Crippen LogP contribution in [0.3, 0.4) is 0 Å². The zero-order valence-corrected chi connectivity index (χ0v) is 4.14. The van der Waals surface area contributed by atoms with Gasteiger partial charge in [-0.25, -0.2) is 0 Å². The lowest BCUT2D eigenvalue weighted by atomic mass is 10.3. The van der Waals surface area contributed by atoms with Gasteiger partial charge in [-0.05, 0) is 0 Å². The molecule has 0 aromatic rings. The molecule has 0 spiro atoms. The quantitative estimate of drug-likeness (QED) is 0.429. The second kappa shape index (κ2) is 2.23. The fourth-order valence-corrected chi connectivity index (χ4v) is 0.117. The van der Waals surface area contributed by atoms with Crippen LogP contribution >= 0.6 is 0 Å². The predicted octanol–water partition coefficient (Wildman–Crippen LogP) is -0.666. The Labute approximate surface area is 42.0 Å². The van der Waals surface area contributed by atoms with Crippen molar-refractivity contribution in [1.82, 2.24) is 0 Å². The molecule has 0 atom stereocenters. The highest BCUT2D eigenvalue weighted by molar-refractivity contribution is 5.91. The number of carbonyl (C=O) groups is 1. The summed E-state index contributed by atoms with van der Waals surface area (Å²) in [4.78, 5) is 10.1. The minimum absolute atomic E-state index is 0.111. The first-order chi connectivity index (χ1) is 3.18. The van der Waals surface area contributed by atoms with Gasteiger partial charge in [-0.2, -0.15) is 0 Å². The van der Waals surface area contributed by atoms with Gasteiger partial charge in [0.15, 0.2) is 5.78 Å². The molecular weight excluding hydrogens is 92.1 g/mol. The third-order valence-electron chi connectivity index (χ3n) is 0.586. The first-order valence-corrected chi connectivity index (χ1v) is 1.86. The van der Waals surface area contributed by atoms with Crippen molar-refractivity contribution in [3.8, 4) is 0 Å². The van der Waals surface area contributed by atoms with Gasteiger partial charge in [0.05, 0.1) is 5.70 Å². The first kappa shape index (κ1) is 6.01. The van der Waals surface area contributed by atoms with Crippen LogP contribution in [0.15, 0.2) is 11.9 Å². The standard InChI is InChI=1S/C4H8N2O/c1-3(7)4(6)2-5/h2H,5-6H2,1H3/b4-2+. The van der Waals surface area contributed by atoms with E-state index >= 15 is 0 Å². The highest BCUT2D eigenvalue weighted by atomic mass is 16.1. The number of rotatable bonds is 1. The van der Waals surface area contributed by atoms with Crippen molar-refractivity contribution < 1.29 is 4.79 Å². The maximum Gasteiger partial charge on any atom is 0.176 e. The third-order valence-corrected chi connectivity index (χ3v) is 0.586. The molecule has 40 valence electrons. The second-order valence-electron chi connectivity index (χ2n) is 1.18. The molecule has 0 fully saturated rings. The summed E-state index contributed by atoms with van der Waals surface area (Å²) in [5, 5.41) is 0. The Balaban J connectivity index is 3.82. The number of carbonyl (C=O) groups excluding carboxylic acids is 1. The van der Waals surface area contributed by atoms with Gasteiger partial charge < -0.3 is 11.5 Å². The molecule has 0 heterocycles. The molecule has 3 heteroatoms. The normalized spacial score (nSPS) is 11.3. The van der Waals surface area contributed by atoms with Crippen molar-refractivity contribution in [3.05, 3.63) is 11.9 Å². The van der Waals surface area contributed by atoms with E-state index in [9.17, 15) is 4.79 Å². The second-order valence-corrected chi connectivity index (χ2v) is 1.18. The van der Waals surface area contributed by atoms with Crippen molar-refractivity contribution >= 4 is 5.78 Å². The average molecular weight is 100 g/mol. The molecule has 4 N–H and O–H groups in total. The van der Waals surface area contributed by atoms with E-state index in [0.29, 0.717) is 0 Å². The number of Topliss-reactive ketones (excluding diaryl/α,β-unsaturated/α-hetero) is 1. The van der Waals surface area contributed by atoms with Crippen LogP contribution in [-0.4, -0.2) is 5.78 Å². The Hall–Kier alpha value is -0.990. The van der Waals surface area contributed by atoms with Gasteiger partial charge in [-0.1, -0.05) is 0 Å². The molecule has 0 aromatic carbocycles. The number of ketones is 1. The molecule has 0 bridgehead atoms. The van der Waals surface area contributed by atoms with Crippen LogP contribution in [-0.2, 0) is 4.79 Å². The minimum atomic E-state index is -0.192. The highest BCUT2D eigenvalue weighted by Crippen LogP contribution is 1.77. The van der Waals surface area contributed by atoms with E-state index < -0.39 is 0 Å². The SMILES string of the molecule is CC(=O)/C(N)=C\N. The van der Waals surface area contributed by atoms with Gasteiger partial charge >= 0.3 is 0 Å². The van der Waals surface area contributed by atoms with Crippen molar-refractivity contribution in [2.24, 2.45) is 11.5 Å². The average Bonchev–Trinajstić information content (AvgIpc) is 1.65. The summed E-state index contributed by atoms with van der Waals surface area (Å²) in [5.74, 6) is -0.192. The molecular formula is C4H8N2O. The van der Waals surface area contributed by atoms with E-state index in [-0.39, 0.29) is 11.5 Å². The Kier molecular flexibility index (Phi) is 1.91. The predicted molar refractivity (Wildman–Crippen MR) is 27.1 cm³/mol. The topological polar surface area (TPSA) is 69.1 Å². The summed E-state index contributed by atoms with van der Waals surface area (Å²) in [6, 6.07) is 0. The van der Waals surface area contributed by atoms with Crippen LogP contribution in [0.4, 0.5) is 0 Å². The fraction of sp³-hybridized carbons (Fsp3) is 0.250. The van der Waals surface area contributed by atoms with Crippen molar-refractivity contribution in [2.45, 2.75) is 6.92 Å². The van der Waals surface area contributed by atoms with E-state index in [1.165, 1.54) is 6.92 Å². The van der Waals surface area contributed by atoms with Crippen LogP contribution in [0.1, 0.15) is 6.92 Å². The van der Waals surface area contributed by atoms with Crippen LogP contribution in [0.25, 0.3) is 0 Å². The molecule has 3 nitrogen and oxygen atoms in total. The van der Waals surface area contributed by atoms with Crippen molar-refractivity contribution in [1.29, 1.82) is 0 Å². The lowest BCUT2D eigenvalue weighted by Crippen LogP contribution is -2.08. The Morgan fingerprint density at radius 1 is 1.71 bits per heavy atom. The van der Waals surface area contributed by atoms with E-state index in [1.807, 2.05) is 0 Å².